The molecule has 7 nitrogen and oxygen atoms in total. The number of carbonyl (C=O) groups is 3. The molecule has 2 aromatic rings. The van der Waals surface area contributed by atoms with Crippen LogP contribution in [0.25, 0.3) is 0 Å². The van der Waals surface area contributed by atoms with Crippen LogP contribution in [-0.2, 0) is 9.59 Å². The number of hydrogen-bond donors (Lipinski definition) is 2. The first kappa shape index (κ1) is 20.4. The van der Waals surface area contributed by atoms with Crippen molar-refractivity contribution in [2.75, 3.05) is 25.5 Å². The summed E-state index contributed by atoms with van der Waals surface area (Å²) in [6.45, 7) is 4.59. The third-order valence-corrected chi connectivity index (χ3v) is 4.79. The van der Waals surface area contributed by atoms with E-state index in [1.54, 1.807) is 24.3 Å². The first-order valence-corrected chi connectivity index (χ1v) is 9.48. The van der Waals surface area contributed by atoms with Crippen molar-refractivity contribution in [2.45, 2.75) is 26.3 Å². The summed E-state index contributed by atoms with van der Waals surface area (Å²) in [5, 5.41) is 5.57. The molecule has 0 saturated carbocycles. The Hall–Kier alpha value is -3.35. The molecule has 2 aromatic carbocycles. The van der Waals surface area contributed by atoms with E-state index in [9.17, 15) is 14.4 Å². The van der Waals surface area contributed by atoms with Gasteiger partial charge in [-0.15, -0.1) is 0 Å². The highest BCUT2D eigenvalue weighted by atomic mass is 16.5. The number of anilines is 1. The van der Waals surface area contributed by atoms with Crippen molar-refractivity contribution in [3.05, 3.63) is 59.2 Å². The summed E-state index contributed by atoms with van der Waals surface area (Å²) in [6.07, 6.45) is -0.117. The number of aryl methyl sites for hydroxylation is 2. The van der Waals surface area contributed by atoms with Crippen LogP contribution in [0.5, 0.6) is 5.75 Å². The van der Waals surface area contributed by atoms with Crippen LogP contribution in [-0.4, -0.2) is 48.9 Å². The maximum Gasteiger partial charge on any atom is 0.254 e. The second-order valence-corrected chi connectivity index (χ2v) is 7.17. The topological polar surface area (TPSA) is 87.7 Å². The smallest absolute Gasteiger partial charge is 0.254 e. The molecule has 3 rings (SSSR count). The van der Waals surface area contributed by atoms with Gasteiger partial charge in [-0.05, 0) is 55.3 Å². The highest BCUT2D eigenvalue weighted by Crippen LogP contribution is 2.19. The van der Waals surface area contributed by atoms with Gasteiger partial charge in [0.2, 0.25) is 11.8 Å². The zero-order valence-corrected chi connectivity index (χ0v) is 16.8. The summed E-state index contributed by atoms with van der Waals surface area (Å²) in [6, 6.07) is 11.6. The summed E-state index contributed by atoms with van der Waals surface area (Å²) in [4.78, 5) is 39.5. The normalized spacial score (nSPS) is 16.2. The number of nitrogens with zero attached hydrogens (tertiary/aromatic N) is 1. The summed E-state index contributed by atoms with van der Waals surface area (Å²) in [5.41, 5.74) is 3.16. The molecule has 0 radical (unpaired) electrons. The number of carbonyl (C=O) groups excluding carboxylic acids is 3. The molecule has 3 amide bonds. The second kappa shape index (κ2) is 8.77. The summed E-state index contributed by atoms with van der Waals surface area (Å²) in [5.74, 6) is -0.395. The lowest BCUT2D eigenvalue weighted by Crippen LogP contribution is -2.58. The Balaban J connectivity index is 1.76. The van der Waals surface area contributed by atoms with Gasteiger partial charge >= 0.3 is 0 Å². The van der Waals surface area contributed by atoms with Gasteiger partial charge in [-0.2, -0.15) is 0 Å². The minimum Gasteiger partial charge on any atom is -0.497 e. The van der Waals surface area contributed by atoms with Crippen molar-refractivity contribution >= 4 is 23.4 Å². The van der Waals surface area contributed by atoms with Crippen LogP contribution < -0.4 is 15.4 Å². The number of hydrogen-bond acceptors (Lipinski definition) is 4. The number of piperazine rings is 1. The van der Waals surface area contributed by atoms with Gasteiger partial charge in [0.15, 0.2) is 0 Å². The molecule has 0 bridgehead atoms. The molecule has 1 aliphatic rings. The molecule has 0 aromatic heterocycles. The van der Waals surface area contributed by atoms with Crippen molar-refractivity contribution in [1.82, 2.24) is 10.2 Å². The van der Waals surface area contributed by atoms with E-state index in [1.807, 2.05) is 32.0 Å². The van der Waals surface area contributed by atoms with E-state index in [0.717, 1.165) is 11.1 Å². The minimum atomic E-state index is -0.867. The van der Waals surface area contributed by atoms with Crippen LogP contribution in [0.2, 0.25) is 0 Å². The van der Waals surface area contributed by atoms with Crippen LogP contribution >= 0.6 is 0 Å². The van der Waals surface area contributed by atoms with Crippen LogP contribution in [0, 0.1) is 13.8 Å². The summed E-state index contributed by atoms with van der Waals surface area (Å²) in [7, 11) is 1.53. The number of methoxy groups -OCH3 is 1. The maximum atomic E-state index is 13.0. The van der Waals surface area contributed by atoms with E-state index < -0.39 is 6.04 Å². The van der Waals surface area contributed by atoms with Crippen LogP contribution in [0.4, 0.5) is 5.69 Å². The van der Waals surface area contributed by atoms with Crippen molar-refractivity contribution in [1.29, 1.82) is 0 Å². The quantitative estimate of drug-likeness (QED) is 0.813. The van der Waals surface area contributed by atoms with Gasteiger partial charge in [-0.25, -0.2) is 0 Å². The molecule has 1 atom stereocenters. The van der Waals surface area contributed by atoms with E-state index in [4.69, 9.17) is 4.74 Å². The Morgan fingerprint density at radius 2 is 1.90 bits per heavy atom. The highest BCUT2D eigenvalue weighted by molar-refractivity contribution is 6.01. The zero-order valence-electron chi connectivity index (χ0n) is 16.8. The fraction of sp³-hybridized carbons (Fsp3) is 0.318. The Labute approximate surface area is 170 Å². The highest BCUT2D eigenvalue weighted by Gasteiger charge is 2.35. The van der Waals surface area contributed by atoms with Crippen LogP contribution in [0.15, 0.2) is 42.5 Å². The lowest BCUT2D eigenvalue weighted by atomic mass is 10.1. The van der Waals surface area contributed by atoms with Gasteiger partial charge in [0, 0.05) is 24.3 Å². The fourth-order valence-corrected chi connectivity index (χ4v) is 3.52. The maximum absolute atomic E-state index is 13.0. The van der Waals surface area contributed by atoms with Gasteiger partial charge < -0.3 is 20.3 Å². The SMILES string of the molecule is COc1cccc(C(=O)N2CCNC(=O)C2CC(=O)Nc2cc(C)cc(C)c2)c1. The Morgan fingerprint density at radius 3 is 2.59 bits per heavy atom. The number of ether oxygens (including phenoxy) is 1. The summed E-state index contributed by atoms with van der Waals surface area (Å²) >= 11 is 0. The third kappa shape index (κ3) is 4.93. The van der Waals surface area contributed by atoms with Crippen LogP contribution in [0.1, 0.15) is 27.9 Å². The van der Waals surface area contributed by atoms with Crippen LogP contribution in [0.3, 0.4) is 0 Å². The van der Waals surface area contributed by atoms with E-state index in [1.165, 1.54) is 12.0 Å². The third-order valence-electron chi connectivity index (χ3n) is 4.79. The largest absolute Gasteiger partial charge is 0.497 e. The monoisotopic (exact) mass is 395 g/mol. The number of benzene rings is 2. The van der Waals surface area contributed by atoms with Gasteiger partial charge in [-0.1, -0.05) is 12.1 Å². The lowest BCUT2D eigenvalue weighted by molar-refractivity contribution is -0.131. The van der Waals surface area contributed by atoms with E-state index in [-0.39, 0.29) is 24.1 Å². The Kier molecular flexibility index (Phi) is 6.16. The van der Waals surface area contributed by atoms with Gasteiger partial charge in [0.25, 0.3) is 5.91 Å². The van der Waals surface area contributed by atoms with E-state index in [0.29, 0.717) is 30.1 Å². The van der Waals surface area contributed by atoms with E-state index >= 15 is 0 Å². The van der Waals surface area contributed by atoms with Crippen molar-refractivity contribution in [2.24, 2.45) is 0 Å². The standard InChI is InChI=1S/C22H25N3O4/c1-14-9-15(2)11-17(10-14)24-20(26)13-19-21(27)23-7-8-25(19)22(28)16-5-4-6-18(12-16)29-3/h4-6,9-12,19H,7-8,13H2,1-3H3,(H,23,27)(H,24,26). The van der Waals surface area contributed by atoms with Crippen molar-refractivity contribution < 1.29 is 19.1 Å². The molecule has 152 valence electrons. The molecule has 0 spiro atoms. The predicted molar refractivity (Wildman–Crippen MR) is 110 cm³/mol. The molecule has 29 heavy (non-hydrogen) atoms. The molecule has 0 aliphatic carbocycles. The first-order chi connectivity index (χ1) is 13.9. The molecule has 2 N–H and O–H groups in total. The second-order valence-electron chi connectivity index (χ2n) is 7.17. The molecule has 1 unspecified atom stereocenters. The summed E-state index contributed by atoms with van der Waals surface area (Å²) < 4.78 is 5.18. The molecule has 7 heteroatoms. The zero-order chi connectivity index (χ0) is 21.0. The van der Waals surface area contributed by atoms with Gasteiger partial charge in [0.05, 0.1) is 13.5 Å². The average Bonchev–Trinajstić information content (AvgIpc) is 2.68. The number of nitrogens with one attached hydrogen (secondary N) is 2. The predicted octanol–water partition coefficient (Wildman–Crippen LogP) is 2.28. The molecular weight excluding hydrogens is 370 g/mol. The van der Waals surface area contributed by atoms with Crippen molar-refractivity contribution in [3.8, 4) is 5.75 Å². The Bertz CT molecular complexity index is 921. The van der Waals surface area contributed by atoms with E-state index in [2.05, 4.69) is 10.6 Å². The van der Waals surface area contributed by atoms with Gasteiger partial charge in [-0.3, -0.25) is 14.4 Å². The fourth-order valence-electron chi connectivity index (χ4n) is 3.52. The molecular formula is C22H25N3O4. The number of rotatable bonds is 5. The lowest BCUT2D eigenvalue weighted by Gasteiger charge is -2.34. The molecule has 1 aliphatic heterocycles. The molecule has 1 saturated heterocycles. The first-order valence-electron chi connectivity index (χ1n) is 9.48. The van der Waals surface area contributed by atoms with Crippen molar-refractivity contribution in [3.63, 3.8) is 0 Å². The van der Waals surface area contributed by atoms with Gasteiger partial charge in [0.1, 0.15) is 11.8 Å². The average molecular weight is 395 g/mol. The Morgan fingerprint density at radius 1 is 1.17 bits per heavy atom. The molecule has 1 fully saturated rings. The minimum absolute atomic E-state index is 0.117. The number of amides is 3. The molecule has 1 heterocycles.